The van der Waals surface area contributed by atoms with Gasteiger partial charge in [0.2, 0.25) is 5.91 Å². The summed E-state index contributed by atoms with van der Waals surface area (Å²) >= 11 is 1.33. The number of hydrogen-bond donors (Lipinski definition) is 1. The predicted molar refractivity (Wildman–Crippen MR) is 142 cm³/mol. The zero-order valence-electron chi connectivity index (χ0n) is 20.6. The number of carbonyl (C=O) groups excluding carboxylic acids is 3. The number of methoxy groups -OCH3 is 1. The molecular weight excluding hydrogens is 495 g/mol. The number of nitrogens with one attached hydrogen (secondary N) is 1. The van der Waals surface area contributed by atoms with Crippen LogP contribution >= 0.6 is 11.3 Å². The normalized spacial score (nSPS) is 13.4. The third-order valence-electron chi connectivity index (χ3n) is 6.11. The van der Waals surface area contributed by atoms with Crippen molar-refractivity contribution in [1.29, 1.82) is 0 Å². The quantitative estimate of drug-likeness (QED) is 0.463. The molecule has 3 amide bonds. The molecule has 4 rings (SSSR count). The number of benzene rings is 2. The molecule has 1 aliphatic heterocycles. The van der Waals surface area contributed by atoms with Gasteiger partial charge in [-0.1, -0.05) is 18.2 Å². The fourth-order valence-electron chi connectivity index (χ4n) is 4.11. The number of nitrogens with zero attached hydrogens (tertiary/aromatic N) is 3. The SMILES string of the molecule is COCCN(CC(=O)Nc1ccc(N2CCN(C(=O)c3ccccc3F)CC2)cc1)C(=O)c1cccs1. The third kappa shape index (κ3) is 6.72. The summed E-state index contributed by atoms with van der Waals surface area (Å²) in [4.78, 5) is 43.9. The highest BCUT2D eigenvalue weighted by Gasteiger charge is 2.24. The van der Waals surface area contributed by atoms with Crippen LogP contribution in [0.25, 0.3) is 0 Å². The third-order valence-corrected chi connectivity index (χ3v) is 6.96. The van der Waals surface area contributed by atoms with E-state index in [4.69, 9.17) is 4.74 Å². The lowest BCUT2D eigenvalue weighted by atomic mass is 10.1. The van der Waals surface area contributed by atoms with Gasteiger partial charge in [0.25, 0.3) is 11.8 Å². The van der Waals surface area contributed by atoms with Crippen LogP contribution in [0.15, 0.2) is 66.0 Å². The predicted octanol–water partition coefficient (Wildman–Crippen LogP) is 3.58. The number of halogens is 1. The molecule has 194 valence electrons. The highest BCUT2D eigenvalue weighted by molar-refractivity contribution is 7.12. The number of ether oxygens (including phenoxy) is 1. The van der Waals surface area contributed by atoms with E-state index >= 15 is 0 Å². The van der Waals surface area contributed by atoms with Crippen LogP contribution in [0.3, 0.4) is 0 Å². The standard InChI is InChI=1S/C27H29FN4O4S/c1-36-17-16-32(27(35)24-7-4-18-37-24)19-25(33)29-20-8-10-21(11-9-20)30-12-14-31(15-13-30)26(34)22-5-2-3-6-23(22)28/h2-11,18H,12-17,19H2,1H3,(H,29,33). The molecule has 1 aliphatic rings. The average molecular weight is 525 g/mol. The Morgan fingerprint density at radius 1 is 1.00 bits per heavy atom. The van der Waals surface area contributed by atoms with Crippen molar-refractivity contribution in [1.82, 2.24) is 9.80 Å². The van der Waals surface area contributed by atoms with E-state index in [1.807, 2.05) is 29.6 Å². The van der Waals surface area contributed by atoms with Crippen LogP contribution in [0.4, 0.5) is 15.8 Å². The fourth-order valence-corrected chi connectivity index (χ4v) is 4.80. The molecular formula is C27H29FN4O4S. The van der Waals surface area contributed by atoms with Gasteiger partial charge in [-0.3, -0.25) is 14.4 Å². The van der Waals surface area contributed by atoms with Crippen molar-refractivity contribution in [3.8, 4) is 0 Å². The van der Waals surface area contributed by atoms with Gasteiger partial charge < -0.3 is 24.8 Å². The van der Waals surface area contributed by atoms with Gasteiger partial charge in [0.15, 0.2) is 0 Å². The van der Waals surface area contributed by atoms with Gasteiger partial charge in [0.05, 0.1) is 17.0 Å². The lowest BCUT2D eigenvalue weighted by molar-refractivity contribution is -0.117. The minimum absolute atomic E-state index is 0.0835. The van der Waals surface area contributed by atoms with Crippen LogP contribution in [-0.4, -0.2) is 80.5 Å². The summed E-state index contributed by atoms with van der Waals surface area (Å²) in [5.41, 5.74) is 1.68. The second kappa shape index (κ2) is 12.5. The molecule has 3 aromatic rings. The Labute approximate surface area is 219 Å². The Balaban J connectivity index is 1.30. The van der Waals surface area contributed by atoms with E-state index in [0.29, 0.717) is 49.9 Å². The lowest BCUT2D eigenvalue weighted by Crippen LogP contribution is -2.49. The molecule has 0 bridgehead atoms. The van der Waals surface area contributed by atoms with Gasteiger partial charge in [-0.05, 0) is 47.8 Å². The van der Waals surface area contributed by atoms with Gasteiger partial charge in [-0.25, -0.2) is 4.39 Å². The van der Waals surface area contributed by atoms with E-state index in [1.54, 1.807) is 36.3 Å². The van der Waals surface area contributed by atoms with Crippen molar-refractivity contribution in [2.75, 3.05) is 63.2 Å². The van der Waals surface area contributed by atoms with Gasteiger partial charge in [-0.15, -0.1) is 11.3 Å². The van der Waals surface area contributed by atoms with E-state index in [2.05, 4.69) is 10.2 Å². The Morgan fingerprint density at radius 3 is 2.38 bits per heavy atom. The summed E-state index contributed by atoms with van der Waals surface area (Å²) in [6, 6.07) is 17.0. The molecule has 1 N–H and O–H groups in total. The lowest BCUT2D eigenvalue weighted by Gasteiger charge is -2.36. The van der Waals surface area contributed by atoms with Crippen LogP contribution in [0, 0.1) is 5.82 Å². The first-order valence-corrected chi connectivity index (χ1v) is 12.8. The van der Waals surface area contributed by atoms with Crippen LogP contribution in [0.1, 0.15) is 20.0 Å². The Kier molecular flexibility index (Phi) is 8.86. The molecule has 2 heterocycles. The smallest absolute Gasteiger partial charge is 0.264 e. The van der Waals surface area contributed by atoms with Crippen LogP contribution < -0.4 is 10.2 Å². The van der Waals surface area contributed by atoms with Crippen molar-refractivity contribution in [2.24, 2.45) is 0 Å². The Bertz CT molecular complexity index is 1210. The van der Waals surface area contributed by atoms with Gasteiger partial charge in [0.1, 0.15) is 12.4 Å². The highest BCUT2D eigenvalue weighted by Crippen LogP contribution is 2.21. The number of rotatable bonds is 9. The molecule has 0 spiro atoms. The van der Waals surface area contributed by atoms with E-state index in [0.717, 1.165) is 5.69 Å². The van der Waals surface area contributed by atoms with Crippen molar-refractivity contribution in [3.05, 3.63) is 82.3 Å². The Morgan fingerprint density at radius 2 is 1.73 bits per heavy atom. The summed E-state index contributed by atoms with van der Waals surface area (Å²) in [5.74, 6) is -1.31. The number of amides is 3. The molecule has 37 heavy (non-hydrogen) atoms. The zero-order valence-corrected chi connectivity index (χ0v) is 21.4. The van der Waals surface area contributed by atoms with Crippen molar-refractivity contribution < 1.29 is 23.5 Å². The largest absolute Gasteiger partial charge is 0.383 e. The highest BCUT2D eigenvalue weighted by atomic mass is 32.1. The monoisotopic (exact) mass is 524 g/mol. The molecule has 0 radical (unpaired) electrons. The summed E-state index contributed by atoms with van der Waals surface area (Å²) < 4.78 is 19.1. The van der Waals surface area contributed by atoms with Crippen molar-refractivity contribution >= 4 is 40.4 Å². The second-order valence-electron chi connectivity index (χ2n) is 8.55. The van der Waals surface area contributed by atoms with E-state index < -0.39 is 5.82 Å². The van der Waals surface area contributed by atoms with Crippen LogP contribution in [-0.2, 0) is 9.53 Å². The number of carbonyl (C=O) groups is 3. The summed E-state index contributed by atoms with van der Waals surface area (Å²) in [7, 11) is 1.55. The summed E-state index contributed by atoms with van der Waals surface area (Å²) in [6.07, 6.45) is 0. The van der Waals surface area contributed by atoms with Crippen LogP contribution in [0.2, 0.25) is 0 Å². The maximum atomic E-state index is 14.0. The van der Waals surface area contributed by atoms with E-state index in [9.17, 15) is 18.8 Å². The number of piperazine rings is 1. The molecule has 0 unspecified atom stereocenters. The van der Waals surface area contributed by atoms with Gasteiger partial charge in [0, 0.05) is 51.2 Å². The van der Waals surface area contributed by atoms with E-state index in [-0.39, 0.29) is 29.8 Å². The molecule has 0 saturated carbocycles. The fraction of sp³-hybridized carbons (Fsp3) is 0.296. The molecule has 1 aromatic heterocycles. The maximum absolute atomic E-state index is 14.0. The second-order valence-corrected chi connectivity index (χ2v) is 9.50. The molecule has 10 heteroatoms. The number of hydrogen-bond acceptors (Lipinski definition) is 6. The number of anilines is 2. The summed E-state index contributed by atoms with van der Waals surface area (Å²) in [6.45, 7) is 2.77. The molecule has 1 fully saturated rings. The van der Waals surface area contributed by atoms with Gasteiger partial charge >= 0.3 is 0 Å². The molecule has 0 aliphatic carbocycles. The summed E-state index contributed by atoms with van der Waals surface area (Å²) in [5, 5.41) is 4.67. The maximum Gasteiger partial charge on any atom is 0.264 e. The van der Waals surface area contributed by atoms with Crippen molar-refractivity contribution in [2.45, 2.75) is 0 Å². The first-order valence-electron chi connectivity index (χ1n) is 12.0. The van der Waals surface area contributed by atoms with Gasteiger partial charge in [-0.2, -0.15) is 0 Å². The first kappa shape index (κ1) is 26.3. The minimum Gasteiger partial charge on any atom is -0.383 e. The Hall–Kier alpha value is -3.76. The molecule has 2 aromatic carbocycles. The molecule has 1 saturated heterocycles. The van der Waals surface area contributed by atoms with Crippen LogP contribution in [0.5, 0.6) is 0 Å². The first-order chi connectivity index (χ1) is 18.0. The zero-order chi connectivity index (χ0) is 26.2. The minimum atomic E-state index is -0.509. The molecule has 0 atom stereocenters. The average Bonchev–Trinajstić information content (AvgIpc) is 3.46. The number of thiophene rings is 1. The molecule has 8 nitrogen and oxygen atoms in total. The van der Waals surface area contributed by atoms with E-state index in [1.165, 1.54) is 28.4 Å². The topological polar surface area (TPSA) is 82.2 Å². The van der Waals surface area contributed by atoms with Crippen molar-refractivity contribution in [3.63, 3.8) is 0 Å².